The van der Waals surface area contributed by atoms with Gasteiger partial charge in [0.1, 0.15) is 0 Å². The van der Waals surface area contributed by atoms with E-state index in [9.17, 15) is 0 Å². The molecule has 0 aliphatic heterocycles. The molecule has 0 aromatic rings. The molecule has 0 fully saturated rings. The first-order valence-electron chi connectivity index (χ1n) is 0. The fourth-order valence-corrected chi connectivity index (χ4v) is 0. The zero-order chi connectivity index (χ0) is 0. The summed E-state index contributed by atoms with van der Waals surface area (Å²) in [7, 11) is 0. The van der Waals surface area contributed by atoms with Crippen molar-refractivity contribution >= 4 is 109 Å². The average Bonchev–Trinajstić information content (AvgIpc) is 0. The summed E-state index contributed by atoms with van der Waals surface area (Å²) in [6, 6.07) is 0. The van der Waals surface area contributed by atoms with Crippen LogP contribution in [0.4, 0.5) is 0 Å². The minimum absolute atomic E-state index is 0. The van der Waals surface area contributed by atoms with E-state index in [-0.39, 0.29) is 115 Å². The number of hydrogen-bond acceptors (Lipinski definition) is 0. The number of hydrogen-bond donors (Lipinski definition) is 0. The van der Waals surface area contributed by atoms with Gasteiger partial charge in [0.2, 0.25) is 0 Å². The molecule has 4 heteroatoms. The molecule has 0 aromatic carbocycles. The fraction of sp³-hybridized carbons (Fsp3) is 0. The molecule has 0 spiro atoms. The molecule has 0 aromatic heterocycles. The maximum absolute atomic E-state index is 0. The van der Waals surface area contributed by atoms with Crippen LogP contribution in [0.15, 0.2) is 0 Å². The van der Waals surface area contributed by atoms with Crippen LogP contribution in [0.3, 0.4) is 0 Å². The second-order valence-corrected chi connectivity index (χ2v) is 0. The molecule has 0 aliphatic rings. The summed E-state index contributed by atoms with van der Waals surface area (Å²) in [5.74, 6) is 0. The molecular weight excluding hydrogens is 353 g/mol. The van der Waals surface area contributed by atoms with Gasteiger partial charge in [-0.05, 0) is 0 Å². The van der Waals surface area contributed by atoms with Gasteiger partial charge in [-0.2, -0.15) is 0 Å². The normalized spacial score (nSPS) is 0. The van der Waals surface area contributed by atoms with Gasteiger partial charge >= 0.3 is 83.2 Å². The third-order valence-corrected chi connectivity index (χ3v) is 0. The molecular formula is H2BiCaOSr. The number of rotatable bonds is 0. The summed E-state index contributed by atoms with van der Waals surface area (Å²) in [5.41, 5.74) is 0. The Bertz CT molecular complexity index is 8.00. The van der Waals surface area contributed by atoms with Gasteiger partial charge in [-0.1, -0.05) is 0 Å². The van der Waals surface area contributed by atoms with Crippen molar-refractivity contribution in [3.63, 3.8) is 0 Å². The Balaban J connectivity index is 0. The standard InChI is InChI=1S/Bi.Ca.O.Sr.2H/q;+2;-2;;;. The summed E-state index contributed by atoms with van der Waals surface area (Å²) in [5, 5.41) is 0. The van der Waals surface area contributed by atoms with Gasteiger partial charge < -0.3 is 5.48 Å². The van der Waals surface area contributed by atoms with E-state index < -0.39 is 0 Å². The third kappa shape index (κ3) is 9.13. The second kappa shape index (κ2) is 16.0. The molecule has 0 heterocycles. The van der Waals surface area contributed by atoms with Gasteiger partial charge in [0.15, 0.2) is 0 Å². The van der Waals surface area contributed by atoms with Crippen molar-refractivity contribution in [2.24, 2.45) is 0 Å². The van der Waals surface area contributed by atoms with Crippen molar-refractivity contribution in [1.82, 2.24) is 0 Å². The first-order chi connectivity index (χ1) is 0. The molecule has 17 valence electrons. The van der Waals surface area contributed by atoms with E-state index in [0.717, 1.165) is 0 Å². The van der Waals surface area contributed by atoms with Crippen LogP contribution in [0.5, 0.6) is 0 Å². The van der Waals surface area contributed by atoms with E-state index in [2.05, 4.69) is 0 Å². The molecule has 0 amide bonds. The average molecular weight is 355 g/mol. The summed E-state index contributed by atoms with van der Waals surface area (Å²) >= 11 is 0. The molecule has 0 unspecified atom stereocenters. The predicted octanol–water partition coefficient (Wildman–Crippen LogP) is -1.80. The summed E-state index contributed by atoms with van der Waals surface area (Å²) in [6.45, 7) is 0. The first kappa shape index (κ1) is 25.6. The van der Waals surface area contributed by atoms with Crippen molar-refractivity contribution in [1.29, 1.82) is 0 Å². The van der Waals surface area contributed by atoms with Gasteiger partial charge in [0.05, 0.1) is 0 Å². The van der Waals surface area contributed by atoms with Crippen LogP contribution >= 0.6 is 0 Å². The fourth-order valence-electron chi connectivity index (χ4n) is 0. The zero-order valence-electron chi connectivity index (χ0n) is 1.56. The van der Waals surface area contributed by atoms with E-state index in [1.54, 1.807) is 0 Å². The van der Waals surface area contributed by atoms with Crippen molar-refractivity contribution in [2.45, 2.75) is 0 Å². The molecule has 1 nitrogen and oxygen atoms in total. The van der Waals surface area contributed by atoms with Crippen molar-refractivity contribution in [3.8, 4) is 0 Å². The first-order valence-corrected chi connectivity index (χ1v) is 0. The molecule has 4 heavy (non-hydrogen) atoms. The molecule has 0 aliphatic carbocycles. The van der Waals surface area contributed by atoms with Crippen LogP contribution in [-0.4, -0.2) is 109 Å². The van der Waals surface area contributed by atoms with Crippen molar-refractivity contribution < 1.29 is 5.48 Å². The van der Waals surface area contributed by atoms with E-state index in [0.29, 0.717) is 0 Å². The zero-order valence-corrected chi connectivity index (χ0v) is 7.25. The Morgan fingerprint density at radius 2 is 1.00 bits per heavy atom. The minimum atomic E-state index is 0. The van der Waals surface area contributed by atoms with Crippen molar-refractivity contribution in [2.75, 3.05) is 0 Å². The van der Waals surface area contributed by atoms with Crippen LogP contribution in [0, 0.1) is 0 Å². The van der Waals surface area contributed by atoms with E-state index in [1.165, 1.54) is 0 Å². The molecule has 0 rings (SSSR count). The van der Waals surface area contributed by atoms with Gasteiger partial charge in [-0.15, -0.1) is 0 Å². The van der Waals surface area contributed by atoms with Gasteiger partial charge in [0.25, 0.3) is 0 Å². The Hall–Kier alpha value is 3.58. The molecule has 0 bridgehead atoms. The van der Waals surface area contributed by atoms with E-state index >= 15 is 0 Å². The summed E-state index contributed by atoms with van der Waals surface area (Å²) in [4.78, 5) is 0. The maximum atomic E-state index is 0. The molecule has 0 N–H and O–H groups in total. The summed E-state index contributed by atoms with van der Waals surface area (Å²) in [6.07, 6.45) is 0. The molecule has 3 radical (unpaired) electrons. The quantitative estimate of drug-likeness (QED) is 0.460. The SMILES string of the molecule is [Bi].[Ca+2].[O-2].[SrH2]. The Kier molecular flexibility index (Phi) is 102. The monoisotopic (exact) mass is 355 g/mol. The Morgan fingerprint density at radius 3 is 1.00 bits per heavy atom. The van der Waals surface area contributed by atoms with E-state index in [1.807, 2.05) is 0 Å². The molecule has 0 saturated carbocycles. The van der Waals surface area contributed by atoms with Crippen LogP contribution < -0.4 is 0 Å². The van der Waals surface area contributed by atoms with Gasteiger partial charge in [-0.3, -0.25) is 0 Å². The van der Waals surface area contributed by atoms with Crippen LogP contribution in [0.25, 0.3) is 0 Å². The van der Waals surface area contributed by atoms with Gasteiger partial charge in [-0.25, -0.2) is 0 Å². The topological polar surface area (TPSA) is 28.5 Å². The molecule has 0 atom stereocenters. The predicted molar refractivity (Wildman–Crippen MR) is 20.7 cm³/mol. The van der Waals surface area contributed by atoms with Gasteiger partial charge in [0, 0.05) is 26.2 Å². The van der Waals surface area contributed by atoms with Crippen LogP contribution in [0.1, 0.15) is 0 Å². The van der Waals surface area contributed by atoms with Crippen molar-refractivity contribution in [3.05, 3.63) is 0 Å². The second-order valence-electron chi connectivity index (χ2n) is 0. The van der Waals surface area contributed by atoms with E-state index in [4.69, 9.17) is 0 Å². The van der Waals surface area contributed by atoms with Crippen LogP contribution in [-0.2, 0) is 5.48 Å². The van der Waals surface area contributed by atoms with Crippen LogP contribution in [0.2, 0.25) is 0 Å². The Morgan fingerprint density at radius 1 is 1.00 bits per heavy atom. The third-order valence-electron chi connectivity index (χ3n) is 0. The Labute approximate surface area is 112 Å². The summed E-state index contributed by atoms with van der Waals surface area (Å²) < 4.78 is 0. The molecule has 0 saturated heterocycles.